The lowest BCUT2D eigenvalue weighted by Crippen LogP contribution is -2.46. The first-order chi connectivity index (χ1) is 12.0. The van der Waals surface area contributed by atoms with Crippen molar-refractivity contribution in [3.05, 3.63) is 35.6 Å². The van der Waals surface area contributed by atoms with Crippen LogP contribution in [-0.2, 0) is 5.41 Å². The van der Waals surface area contributed by atoms with Gasteiger partial charge in [0.1, 0.15) is 5.82 Å². The van der Waals surface area contributed by atoms with E-state index in [1.165, 1.54) is 18.9 Å². The zero-order valence-electron chi connectivity index (χ0n) is 16.1. The number of halogens is 2. The van der Waals surface area contributed by atoms with E-state index in [1.54, 1.807) is 12.1 Å². The Kier molecular flexibility index (Phi) is 7.70. The summed E-state index contributed by atoms with van der Waals surface area (Å²) in [4.78, 5) is 7.13. The topological polar surface area (TPSA) is 39.7 Å². The van der Waals surface area contributed by atoms with E-state index in [9.17, 15) is 4.39 Å². The van der Waals surface area contributed by atoms with Crippen molar-refractivity contribution in [3.8, 4) is 0 Å². The highest BCUT2D eigenvalue weighted by Crippen LogP contribution is 2.48. The Hall–Kier alpha value is -0.890. The van der Waals surface area contributed by atoms with Gasteiger partial charge in [-0.15, -0.1) is 24.0 Å². The predicted molar refractivity (Wildman–Crippen MR) is 117 cm³/mol. The molecule has 6 heteroatoms. The minimum Gasteiger partial charge on any atom is -0.357 e. The molecule has 1 atom stereocenters. The third kappa shape index (κ3) is 5.55. The summed E-state index contributed by atoms with van der Waals surface area (Å²) in [7, 11) is 4.30. The number of likely N-dealkylation sites (N-methyl/N-ethyl adjacent to an activating group) is 1. The highest BCUT2D eigenvalue weighted by Gasteiger charge is 2.44. The summed E-state index contributed by atoms with van der Waals surface area (Å²) in [5.74, 6) is 1.53. The van der Waals surface area contributed by atoms with Crippen LogP contribution >= 0.6 is 24.0 Å². The van der Waals surface area contributed by atoms with Gasteiger partial charge in [0, 0.05) is 24.5 Å². The van der Waals surface area contributed by atoms with Gasteiger partial charge in [0.2, 0.25) is 0 Å². The lowest BCUT2D eigenvalue weighted by atomic mass is 9.96. The van der Waals surface area contributed by atoms with E-state index in [4.69, 9.17) is 4.99 Å². The molecule has 1 aromatic rings. The van der Waals surface area contributed by atoms with E-state index in [1.807, 2.05) is 6.07 Å². The van der Waals surface area contributed by atoms with Crippen molar-refractivity contribution in [2.75, 3.05) is 33.7 Å². The van der Waals surface area contributed by atoms with Gasteiger partial charge in [0.25, 0.3) is 0 Å². The van der Waals surface area contributed by atoms with Crippen LogP contribution in [0, 0.1) is 11.7 Å². The smallest absolute Gasteiger partial charge is 0.191 e. The second kappa shape index (κ2) is 9.35. The average Bonchev–Trinajstić information content (AvgIpc) is 3.47. The summed E-state index contributed by atoms with van der Waals surface area (Å²) in [6, 6.07) is 7.56. The summed E-state index contributed by atoms with van der Waals surface area (Å²) >= 11 is 0. The predicted octanol–water partition coefficient (Wildman–Crippen LogP) is 3.37. The Bertz CT molecular complexity index is 610. The summed E-state index contributed by atoms with van der Waals surface area (Å²) in [6.07, 6.45) is 4.84. The molecule has 146 valence electrons. The first kappa shape index (κ1) is 21.4. The number of nitrogens with one attached hydrogen (secondary N) is 2. The first-order valence-electron chi connectivity index (χ1n) is 9.49. The molecule has 3 rings (SSSR count). The van der Waals surface area contributed by atoms with Crippen molar-refractivity contribution in [1.82, 2.24) is 15.5 Å². The molecule has 4 nitrogen and oxygen atoms in total. The number of rotatable bonds is 8. The number of hydrogen-bond acceptors (Lipinski definition) is 2. The molecule has 26 heavy (non-hydrogen) atoms. The van der Waals surface area contributed by atoms with Crippen LogP contribution in [0.4, 0.5) is 4.39 Å². The normalized spacial score (nSPS) is 19.7. The van der Waals surface area contributed by atoms with E-state index in [-0.39, 0.29) is 35.2 Å². The maximum absolute atomic E-state index is 13.5. The van der Waals surface area contributed by atoms with Crippen LogP contribution in [0.3, 0.4) is 0 Å². The van der Waals surface area contributed by atoms with Gasteiger partial charge < -0.3 is 15.5 Å². The quantitative estimate of drug-likeness (QED) is 0.345. The summed E-state index contributed by atoms with van der Waals surface area (Å²) in [5, 5.41) is 6.86. The molecule has 1 unspecified atom stereocenters. The molecular formula is C20H32FIN4. The molecule has 2 N–H and O–H groups in total. The van der Waals surface area contributed by atoms with Gasteiger partial charge in [-0.25, -0.2) is 4.39 Å². The molecule has 1 aromatic carbocycles. The van der Waals surface area contributed by atoms with Crippen molar-refractivity contribution in [1.29, 1.82) is 0 Å². The Balaban J connectivity index is 0.00000243. The third-order valence-corrected chi connectivity index (χ3v) is 5.48. The molecular weight excluding hydrogens is 442 g/mol. The molecule has 0 radical (unpaired) electrons. The molecule has 0 bridgehead atoms. The summed E-state index contributed by atoms with van der Waals surface area (Å²) in [5.41, 5.74) is 1.11. The molecule has 0 spiro atoms. The molecule has 2 saturated carbocycles. The zero-order valence-corrected chi connectivity index (χ0v) is 18.4. The van der Waals surface area contributed by atoms with E-state index in [0.29, 0.717) is 12.6 Å². The Morgan fingerprint density at radius 1 is 1.31 bits per heavy atom. The van der Waals surface area contributed by atoms with Crippen LogP contribution < -0.4 is 10.6 Å². The van der Waals surface area contributed by atoms with Gasteiger partial charge in [-0.1, -0.05) is 12.1 Å². The monoisotopic (exact) mass is 474 g/mol. The number of benzene rings is 1. The summed E-state index contributed by atoms with van der Waals surface area (Å²) in [6.45, 7) is 4.55. The van der Waals surface area contributed by atoms with Crippen molar-refractivity contribution in [2.45, 2.75) is 44.1 Å². The van der Waals surface area contributed by atoms with Gasteiger partial charge in [-0.3, -0.25) is 4.99 Å². The molecule has 2 aliphatic carbocycles. The van der Waals surface area contributed by atoms with E-state index >= 15 is 0 Å². The molecule has 2 fully saturated rings. The van der Waals surface area contributed by atoms with Crippen LogP contribution in [0.5, 0.6) is 0 Å². The number of hydrogen-bond donors (Lipinski definition) is 2. The van der Waals surface area contributed by atoms with Crippen molar-refractivity contribution in [3.63, 3.8) is 0 Å². The lowest BCUT2D eigenvalue weighted by molar-refractivity contribution is 0.264. The molecule has 0 aromatic heterocycles. The Morgan fingerprint density at radius 2 is 2.04 bits per heavy atom. The highest BCUT2D eigenvalue weighted by atomic mass is 127. The van der Waals surface area contributed by atoms with Gasteiger partial charge in [0.05, 0.1) is 6.54 Å². The van der Waals surface area contributed by atoms with Crippen LogP contribution in [-0.4, -0.2) is 50.6 Å². The van der Waals surface area contributed by atoms with Gasteiger partial charge >= 0.3 is 0 Å². The van der Waals surface area contributed by atoms with Crippen LogP contribution in [0.2, 0.25) is 0 Å². The zero-order chi connectivity index (χ0) is 17.9. The second-order valence-corrected chi connectivity index (χ2v) is 7.74. The molecule has 0 saturated heterocycles. The van der Waals surface area contributed by atoms with E-state index in [2.05, 4.69) is 36.6 Å². The lowest BCUT2D eigenvalue weighted by Gasteiger charge is -2.25. The van der Waals surface area contributed by atoms with Crippen LogP contribution in [0.1, 0.15) is 38.2 Å². The molecule has 0 heterocycles. The summed E-state index contributed by atoms with van der Waals surface area (Å²) < 4.78 is 13.5. The fourth-order valence-corrected chi connectivity index (χ4v) is 3.53. The maximum atomic E-state index is 13.5. The largest absolute Gasteiger partial charge is 0.357 e. The van der Waals surface area contributed by atoms with E-state index < -0.39 is 0 Å². The molecule has 0 aliphatic heterocycles. The Morgan fingerprint density at radius 3 is 2.58 bits per heavy atom. The first-order valence-corrected chi connectivity index (χ1v) is 9.49. The van der Waals surface area contributed by atoms with Crippen molar-refractivity contribution in [2.24, 2.45) is 10.9 Å². The van der Waals surface area contributed by atoms with Gasteiger partial charge in [0.15, 0.2) is 5.96 Å². The SMILES string of the molecule is CCNC(=NCC1(c2cccc(F)c2)CC1)NCC(C1CC1)N(C)C.I. The minimum absolute atomic E-state index is 0. The van der Waals surface area contributed by atoms with Crippen LogP contribution in [0.15, 0.2) is 29.3 Å². The van der Waals surface area contributed by atoms with Crippen molar-refractivity contribution < 1.29 is 4.39 Å². The average molecular weight is 474 g/mol. The fraction of sp³-hybridized carbons (Fsp3) is 0.650. The highest BCUT2D eigenvalue weighted by molar-refractivity contribution is 14.0. The van der Waals surface area contributed by atoms with Gasteiger partial charge in [-0.05, 0) is 70.3 Å². The van der Waals surface area contributed by atoms with Crippen LogP contribution in [0.25, 0.3) is 0 Å². The molecule has 0 amide bonds. The second-order valence-electron chi connectivity index (χ2n) is 7.74. The maximum Gasteiger partial charge on any atom is 0.191 e. The standard InChI is InChI=1S/C20H31FN4.HI/c1-4-22-19(23-13-18(25(2)3)15-8-9-15)24-14-20(10-11-20)16-6-5-7-17(21)12-16;/h5-7,12,15,18H,4,8-11,13-14H2,1-3H3,(H2,22,23,24);1H. The number of nitrogens with zero attached hydrogens (tertiary/aromatic N) is 2. The third-order valence-electron chi connectivity index (χ3n) is 5.48. The van der Waals surface area contributed by atoms with Gasteiger partial charge in [-0.2, -0.15) is 0 Å². The number of aliphatic imine (C=N–C) groups is 1. The minimum atomic E-state index is -0.156. The Labute approximate surface area is 174 Å². The molecule has 2 aliphatic rings. The fourth-order valence-electron chi connectivity index (χ4n) is 3.53. The number of guanidine groups is 1. The van der Waals surface area contributed by atoms with Crippen molar-refractivity contribution >= 4 is 29.9 Å². The van der Waals surface area contributed by atoms with E-state index in [0.717, 1.165) is 43.4 Å².